The van der Waals surface area contributed by atoms with Crippen LogP contribution in [0.25, 0.3) is 0 Å². The summed E-state index contributed by atoms with van der Waals surface area (Å²) in [5, 5.41) is 2.33. The van der Waals surface area contributed by atoms with E-state index < -0.39 is 0 Å². The molecule has 1 saturated heterocycles. The molecule has 1 aliphatic heterocycles. The van der Waals surface area contributed by atoms with E-state index in [1.165, 1.54) is 18.4 Å². The highest BCUT2D eigenvalue weighted by Crippen LogP contribution is 2.11. The molecule has 3 heteroatoms. The van der Waals surface area contributed by atoms with Gasteiger partial charge in [-0.1, -0.05) is 28.1 Å². The van der Waals surface area contributed by atoms with Gasteiger partial charge in [-0.25, -0.2) is 0 Å². The van der Waals surface area contributed by atoms with E-state index in [4.69, 9.17) is 4.74 Å². The van der Waals surface area contributed by atoms with Crippen molar-refractivity contribution in [1.82, 2.24) is 0 Å². The summed E-state index contributed by atoms with van der Waals surface area (Å²) in [5.41, 5.74) is 1.36. The summed E-state index contributed by atoms with van der Waals surface area (Å²) in [5.74, 6) is 0. The number of quaternary nitrogens is 1. The van der Waals surface area contributed by atoms with E-state index in [-0.39, 0.29) is 0 Å². The first-order chi connectivity index (χ1) is 7.34. The number of nitrogens with two attached hydrogens (primary N) is 1. The molecule has 0 aromatic heterocycles. The minimum absolute atomic E-state index is 0.483. The first-order valence-electron chi connectivity index (χ1n) is 5.52. The maximum Gasteiger partial charge on any atom is 0.106 e. The second-order valence-corrected chi connectivity index (χ2v) is 4.91. The average Bonchev–Trinajstić information content (AvgIpc) is 2.71. The molecule has 0 aliphatic carbocycles. The lowest BCUT2D eigenvalue weighted by atomic mass is 10.2. The highest BCUT2D eigenvalue weighted by atomic mass is 79.9. The van der Waals surface area contributed by atoms with Crippen LogP contribution >= 0.6 is 15.9 Å². The van der Waals surface area contributed by atoms with Crippen LogP contribution in [-0.4, -0.2) is 19.3 Å². The SMILES string of the molecule is Brc1cccc(C[NH2+]C[C@H]2CCCO2)c1. The van der Waals surface area contributed by atoms with Gasteiger partial charge in [-0.3, -0.25) is 0 Å². The summed E-state index contributed by atoms with van der Waals surface area (Å²) in [4.78, 5) is 0. The fourth-order valence-electron chi connectivity index (χ4n) is 1.93. The van der Waals surface area contributed by atoms with Crippen molar-refractivity contribution in [2.45, 2.75) is 25.5 Å². The van der Waals surface area contributed by atoms with E-state index in [2.05, 4.69) is 45.5 Å². The lowest BCUT2D eigenvalue weighted by Crippen LogP contribution is -2.84. The van der Waals surface area contributed by atoms with Crippen LogP contribution in [0.2, 0.25) is 0 Å². The van der Waals surface area contributed by atoms with Crippen molar-refractivity contribution in [3.8, 4) is 0 Å². The van der Waals surface area contributed by atoms with Crippen LogP contribution in [-0.2, 0) is 11.3 Å². The highest BCUT2D eigenvalue weighted by Gasteiger charge is 2.16. The monoisotopic (exact) mass is 270 g/mol. The van der Waals surface area contributed by atoms with E-state index in [0.717, 1.165) is 24.2 Å². The molecule has 2 N–H and O–H groups in total. The maximum atomic E-state index is 5.57. The van der Waals surface area contributed by atoms with Gasteiger partial charge in [0.1, 0.15) is 19.2 Å². The first-order valence-corrected chi connectivity index (χ1v) is 6.31. The van der Waals surface area contributed by atoms with Crippen molar-refractivity contribution in [3.05, 3.63) is 34.3 Å². The van der Waals surface area contributed by atoms with Gasteiger partial charge in [-0.2, -0.15) is 0 Å². The van der Waals surface area contributed by atoms with Crippen LogP contribution in [0.1, 0.15) is 18.4 Å². The molecular formula is C12H17BrNO+. The summed E-state index contributed by atoms with van der Waals surface area (Å²) in [6, 6.07) is 8.48. The predicted octanol–water partition coefficient (Wildman–Crippen LogP) is 1.69. The number of halogens is 1. The zero-order valence-corrected chi connectivity index (χ0v) is 10.4. The average molecular weight is 271 g/mol. The molecule has 1 aromatic carbocycles. The number of rotatable bonds is 4. The third kappa shape index (κ3) is 3.59. The van der Waals surface area contributed by atoms with Crippen molar-refractivity contribution < 1.29 is 10.1 Å². The molecule has 1 aromatic rings. The molecule has 1 heterocycles. The molecule has 82 valence electrons. The van der Waals surface area contributed by atoms with E-state index in [9.17, 15) is 0 Å². The third-order valence-electron chi connectivity index (χ3n) is 2.72. The van der Waals surface area contributed by atoms with Crippen molar-refractivity contribution in [2.24, 2.45) is 0 Å². The number of ether oxygens (including phenoxy) is 1. The van der Waals surface area contributed by atoms with Gasteiger partial charge in [0.15, 0.2) is 0 Å². The molecule has 2 nitrogen and oxygen atoms in total. The zero-order chi connectivity index (χ0) is 10.5. The molecule has 0 unspecified atom stereocenters. The Morgan fingerprint density at radius 2 is 2.40 bits per heavy atom. The van der Waals surface area contributed by atoms with E-state index in [0.29, 0.717) is 6.10 Å². The van der Waals surface area contributed by atoms with Gasteiger partial charge in [-0.05, 0) is 25.0 Å². The van der Waals surface area contributed by atoms with E-state index in [1.54, 1.807) is 0 Å². The minimum Gasteiger partial charge on any atom is -0.372 e. The van der Waals surface area contributed by atoms with Gasteiger partial charge in [0, 0.05) is 16.6 Å². The van der Waals surface area contributed by atoms with Crippen molar-refractivity contribution in [2.75, 3.05) is 13.2 Å². The van der Waals surface area contributed by atoms with Crippen LogP contribution in [0.4, 0.5) is 0 Å². The molecule has 0 saturated carbocycles. The Balaban J connectivity index is 1.73. The second kappa shape index (κ2) is 5.64. The summed E-state index contributed by atoms with van der Waals surface area (Å²) in [6.07, 6.45) is 2.95. The minimum atomic E-state index is 0.483. The highest BCUT2D eigenvalue weighted by molar-refractivity contribution is 9.10. The Kier molecular flexibility index (Phi) is 4.18. The summed E-state index contributed by atoms with van der Waals surface area (Å²) in [6.45, 7) is 3.08. The Bertz CT molecular complexity index is 310. The van der Waals surface area contributed by atoms with Crippen molar-refractivity contribution in [1.29, 1.82) is 0 Å². The molecule has 1 atom stereocenters. The lowest BCUT2D eigenvalue weighted by Gasteiger charge is -2.07. The zero-order valence-electron chi connectivity index (χ0n) is 8.79. The maximum absolute atomic E-state index is 5.57. The van der Waals surface area contributed by atoms with Crippen LogP contribution in [0.5, 0.6) is 0 Å². The molecule has 0 spiro atoms. The molecular weight excluding hydrogens is 254 g/mol. The molecule has 0 amide bonds. The van der Waals surface area contributed by atoms with Gasteiger partial charge in [0.05, 0.1) is 0 Å². The fraction of sp³-hybridized carbons (Fsp3) is 0.500. The summed E-state index contributed by atoms with van der Waals surface area (Å²) >= 11 is 3.48. The molecule has 15 heavy (non-hydrogen) atoms. The normalized spacial score (nSPS) is 20.7. The summed E-state index contributed by atoms with van der Waals surface area (Å²) < 4.78 is 6.73. The van der Waals surface area contributed by atoms with Crippen molar-refractivity contribution >= 4 is 15.9 Å². The van der Waals surface area contributed by atoms with Gasteiger partial charge < -0.3 is 10.1 Å². The van der Waals surface area contributed by atoms with Crippen LogP contribution in [0.15, 0.2) is 28.7 Å². The lowest BCUT2D eigenvalue weighted by molar-refractivity contribution is -0.676. The summed E-state index contributed by atoms with van der Waals surface area (Å²) in [7, 11) is 0. The molecule has 2 rings (SSSR count). The Labute approximate surface area is 99.1 Å². The predicted molar refractivity (Wildman–Crippen MR) is 63.6 cm³/mol. The standard InChI is InChI=1S/C12H16BrNO/c13-11-4-1-3-10(7-11)8-14-9-12-5-2-6-15-12/h1,3-4,7,12,14H,2,5-6,8-9H2/p+1/t12-/m1/s1. The van der Waals surface area contributed by atoms with Crippen LogP contribution in [0.3, 0.4) is 0 Å². The van der Waals surface area contributed by atoms with Crippen LogP contribution in [0, 0.1) is 0 Å². The number of hydrogen-bond acceptors (Lipinski definition) is 1. The fourth-order valence-corrected chi connectivity index (χ4v) is 2.38. The van der Waals surface area contributed by atoms with Gasteiger partial charge in [0.2, 0.25) is 0 Å². The number of benzene rings is 1. The quantitative estimate of drug-likeness (QED) is 0.886. The Hall–Kier alpha value is -0.380. The third-order valence-corrected chi connectivity index (χ3v) is 3.22. The molecule has 1 fully saturated rings. The largest absolute Gasteiger partial charge is 0.372 e. The van der Waals surface area contributed by atoms with E-state index in [1.807, 2.05) is 0 Å². The van der Waals surface area contributed by atoms with Crippen LogP contribution < -0.4 is 5.32 Å². The molecule has 1 aliphatic rings. The second-order valence-electron chi connectivity index (χ2n) is 3.99. The Morgan fingerprint density at radius 1 is 1.47 bits per heavy atom. The first kappa shape index (κ1) is 11.1. The number of hydrogen-bond donors (Lipinski definition) is 1. The Morgan fingerprint density at radius 3 is 3.13 bits per heavy atom. The molecule has 0 bridgehead atoms. The van der Waals surface area contributed by atoms with Gasteiger partial charge >= 0.3 is 0 Å². The van der Waals surface area contributed by atoms with E-state index >= 15 is 0 Å². The topological polar surface area (TPSA) is 25.8 Å². The smallest absolute Gasteiger partial charge is 0.106 e. The molecule has 0 radical (unpaired) electrons. The van der Waals surface area contributed by atoms with Gasteiger partial charge in [-0.15, -0.1) is 0 Å². The van der Waals surface area contributed by atoms with Gasteiger partial charge in [0.25, 0.3) is 0 Å². The van der Waals surface area contributed by atoms with Crippen molar-refractivity contribution in [3.63, 3.8) is 0 Å².